The molecule has 2 aromatic heterocycles. The number of thiophene rings is 1. The first-order chi connectivity index (χ1) is 14.5. The molecule has 5 rings (SSSR count). The normalized spacial score (nSPS) is 13.2. The summed E-state index contributed by atoms with van der Waals surface area (Å²) in [5.41, 5.74) is 3.17. The molecule has 0 saturated carbocycles. The van der Waals surface area contributed by atoms with Crippen molar-refractivity contribution in [1.82, 2.24) is 14.8 Å². The number of rotatable bonds is 3. The zero-order valence-corrected chi connectivity index (χ0v) is 16.9. The van der Waals surface area contributed by atoms with Crippen LogP contribution in [0.25, 0.3) is 15.9 Å². The van der Waals surface area contributed by atoms with Crippen molar-refractivity contribution in [3.8, 4) is 5.69 Å². The largest absolute Gasteiger partial charge is 0.373 e. The van der Waals surface area contributed by atoms with Crippen LogP contribution >= 0.6 is 11.3 Å². The highest BCUT2D eigenvalue weighted by molar-refractivity contribution is 7.20. The molecule has 0 saturated heterocycles. The maximum absolute atomic E-state index is 12.7. The lowest BCUT2D eigenvalue weighted by Gasteiger charge is -2.11. The summed E-state index contributed by atoms with van der Waals surface area (Å²) in [4.78, 5) is 43.9. The highest BCUT2D eigenvalue weighted by Crippen LogP contribution is 2.32. The summed E-state index contributed by atoms with van der Waals surface area (Å²) in [5.74, 6) is -2.05. The van der Waals surface area contributed by atoms with Crippen molar-refractivity contribution in [2.45, 2.75) is 13.8 Å². The maximum atomic E-state index is 12.7. The van der Waals surface area contributed by atoms with E-state index in [1.807, 2.05) is 38.1 Å². The van der Waals surface area contributed by atoms with Gasteiger partial charge in [0, 0.05) is 5.39 Å². The van der Waals surface area contributed by atoms with Crippen molar-refractivity contribution in [1.29, 1.82) is 0 Å². The molecule has 30 heavy (non-hydrogen) atoms. The molecule has 148 valence electrons. The SMILES string of the molecule is Cc1ccccc1-n1nc(C)c2cc(C(=O)ON3C(=O)c4ccccc4C3=O)sc21. The quantitative estimate of drug-likeness (QED) is 0.469. The van der Waals surface area contributed by atoms with Crippen molar-refractivity contribution in [3.63, 3.8) is 0 Å². The van der Waals surface area contributed by atoms with Crippen molar-refractivity contribution >= 4 is 39.3 Å². The molecule has 4 aromatic rings. The molecule has 0 N–H and O–H groups in total. The molecule has 7 nitrogen and oxygen atoms in total. The van der Waals surface area contributed by atoms with E-state index in [9.17, 15) is 14.4 Å². The van der Waals surface area contributed by atoms with Crippen molar-refractivity contribution in [2.75, 3.05) is 0 Å². The molecule has 0 fully saturated rings. The number of nitrogens with zero attached hydrogens (tertiary/aromatic N) is 3. The van der Waals surface area contributed by atoms with Crippen LogP contribution in [0, 0.1) is 13.8 Å². The predicted octanol–water partition coefficient (Wildman–Crippen LogP) is 4.07. The molecule has 0 unspecified atom stereocenters. The van der Waals surface area contributed by atoms with Crippen LogP contribution in [0.2, 0.25) is 0 Å². The number of benzene rings is 2. The average Bonchev–Trinajstić information content (AvgIpc) is 3.38. The lowest BCUT2D eigenvalue weighted by atomic mass is 10.1. The molecule has 0 atom stereocenters. The number of hydroxylamine groups is 2. The summed E-state index contributed by atoms with van der Waals surface area (Å²) in [7, 11) is 0. The molecule has 0 aliphatic carbocycles. The van der Waals surface area contributed by atoms with Gasteiger partial charge in [0.2, 0.25) is 0 Å². The summed E-state index contributed by atoms with van der Waals surface area (Å²) in [6.07, 6.45) is 0. The minimum atomic E-state index is -0.763. The number of hydrogen-bond donors (Lipinski definition) is 0. The van der Waals surface area contributed by atoms with Gasteiger partial charge >= 0.3 is 5.97 Å². The number of para-hydroxylation sites is 1. The number of aryl methyl sites for hydroxylation is 2. The Kier molecular flexibility index (Phi) is 4.04. The van der Waals surface area contributed by atoms with Gasteiger partial charge in [-0.15, -0.1) is 11.3 Å². The number of carbonyl (C=O) groups excluding carboxylic acids is 3. The molecular weight excluding hydrogens is 402 g/mol. The van der Waals surface area contributed by atoms with Crippen LogP contribution in [-0.2, 0) is 4.84 Å². The van der Waals surface area contributed by atoms with Crippen LogP contribution in [0.5, 0.6) is 0 Å². The first-order valence-electron chi connectivity index (χ1n) is 9.21. The Balaban J connectivity index is 1.48. The third-order valence-electron chi connectivity index (χ3n) is 5.02. The molecule has 0 spiro atoms. The third-order valence-corrected chi connectivity index (χ3v) is 6.11. The fourth-order valence-corrected chi connectivity index (χ4v) is 4.54. The number of aromatic nitrogens is 2. The highest BCUT2D eigenvalue weighted by atomic mass is 32.1. The summed E-state index contributed by atoms with van der Waals surface area (Å²) in [5, 5.41) is 5.93. The number of hydrogen-bond acceptors (Lipinski definition) is 6. The van der Waals surface area contributed by atoms with E-state index < -0.39 is 17.8 Å². The van der Waals surface area contributed by atoms with Crippen LogP contribution in [0.4, 0.5) is 0 Å². The lowest BCUT2D eigenvalue weighted by molar-refractivity contribution is -0.0581. The minimum absolute atomic E-state index is 0.220. The van der Waals surface area contributed by atoms with E-state index in [-0.39, 0.29) is 16.0 Å². The summed E-state index contributed by atoms with van der Waals surface area (Å²) < 4.78 is 1.80. The predicted molar refractivity (Wildman–Crippen MR) is 111 cm³/mol. The van der Waals surface area contributed by atoms with Crippen molar-refractivity contribution < 1.29 is 19.2 Å². The number of carbonyl (C=O) groups is 3. The second kappa shape index (κ2) is 6.64. The third kappa shape index (κ3) is 2.65. The van der Waals surface area contributed by atoms with Gasteiger partial charge in [0.05, 0.1) is 22.5 Å². The monoisotopic (exact) mass is 417 g/mol. The van der Waals surface area contributed by atoms with Gasteiger partial charge in [-0.05, 0) is 43.7 Å². The topological polar surface area (TPSA) is 81.5 Å². The van der Waals surface area contributed by atoms with Crippen LogP contribution < -0.4 is 0 Å². The lowest BCUT2D eigenvalue weighted by Crippen LogP contribution is -2.32. The Labute approximate surface area is 175 Å². The van der Waals surface area contributed by atoms with Gasteiger partial charge in [0.15, 0.2) is 0 Å². The van der Waals surface area contributed by atoms with E-state index >= 15 is 0 Å². The Morgan fingerprint density at radius 1 is 0.967 bits per heavy atom. The molecule has 3 heterocycles. The van der Waals surface area contributed by atoms with Crippen LogP contribution in [0.15, 0.2) is 54.6 Å². The Bertz CT molecular complexity index is 1330. The van der Waals surface area contributed by atoms with E-state index in [0.29, 0.717) is 5.06 Å². The van der Waals surface area contributed by atoms with Gasteiger partial charge in [0.25, 0.3) is 11.8 Å². The molecule has 2 amide bonds. The number of fused-ring (bicyclic) bond motifs is 2. The molecular formula is C22H15N3O4S. The van der Waals surface area contributed by atoms with Gasteiger partial charge in [-0.1, -0.05) is 35.4 Å². The van der Waals surface area contributed by atoms with Crippen molar-refractivity contribution in [2.24, 2.45) is 0 Å². The van der Waals surface area contributed by atoms with Crippen LogP contribution in [0.3, 0.4) is 0 Å². The van der Waals surface area contributed by atoms with E-state index in [1.54, 1.807) is 22.9 Å². The van der Waals surface area contributed by atoms with Crippen molar-refractivity contribution in [3.05, 3.63) is 81.9 Å². The van der Waals surface area contributed by atoms with Crippen LogP contribution in [0.1, 0.15) is 41.6 Å². The Morgan fingerprint density at radius 2 is 1.60 bits per heavy atom. The smallest absolute Gasteiger partial charge is 0.323 e. The molecule has 1 aliphatic rings. The molecule has 1 aliphatic heterocycles. The van der Waals surface area contributed by atoms with Gasteiger partial charge in [-0.25, -0.2) is 9.48 Å². The van der Waals surface area contributed by atoms with E-state index in [0.717, 1.165) is 27.2 Å². The first-order valence-corrected chi connectivity index (χ1v) is 10.0. The number of amides is 2. The van der Waals surface area contributed by atoms with E-state index in [2.05, 4.69) is 5.10 Å². The van der Waals surface area contributed by atoms with Gasteiger partial charge in [-0.2, -0.15) is 5.10 Å². The fraction of sp³-hybridized carbons (Fsp3) is 0.0909. The average molecular weight is 417 g/mol. The van der Waals surface area contributed by atoms with E-state index in [1.165, 1.54) is 23.5 Å². The standard InChI is InChI=1S/C22H15N3O4S/c1-12-7-3-6-10-17(12)24-21-16(13(2)23-24)11-18(30-21)22(28)29-25-19(26)14-8-4-5-9-15(14)20(25)27/h3-11H,1-2H3. The molecule has 0 radical (unpaired) electrons. The zero-order chi connectivity index (χ0) is 21.0. The van der Waals surface area contributed by atoms with Gasteiger partial charge in [0.1, 0.15) is 9.71 Å². The minimum Gasteiger partial charge on any atom is -0.323 e. The van der Waals surface area contributed by atoms with Gasteiger partial charge in [-0.3, -0.25) is 9.59 Å². The maximum Gasteiger partial charge on any atom is 0.373 e. The summed E-state index contributed by atoms with van der Waals surface area (Å²) in [6.45, 7) is 3.85. The summed E-state index contributed by atoms with van der Waals surface area (Å²) >= 11 is 1.20. The first kappa shape index (κ1) is 18.3. The van der Waals surface area contributed by atoms with Crippen LogP contribution in [-0.4, -0.2) is 32.6 Å². The molecule has 2 aromatic carbocycles. The second-order valence-corrected chi connectivity index (χ2v) is 7.97. The highest BCUT2D eigenvalue weighted by Gasteiger charge is 2.39. The Morgan fingerprint density at radius 3 is 2.27 bits per heavy atom. The zero-order valence-electron chi connectivity index (χ0n) is 16.1. The number of imide groups is 1. The molecule has 0 bridgehead atoms. The fourth-order valence-electron chi connectivity index (χ4n) is 3.49. The van der Waals surface area contributed by atoms with E-state index in [4.69, 9.17) is 4.84 Å². The summed E-state index contributed by atoms with van der Waals surface area (Å²) in [6, 6.07) is 15.9. The van der Waals surface area contributed by atoms with Gasteiger partial charge < -0.3 is 4.84 Å². The molecule has 8 heteroatoms. The Hall–Kier alpha value is -3.78. The second-order valence-electron chi connectivity index (χ2n) is 6.94.